The summed E-state index contributed by atoms with van der Waals surface area (Å²) in [5, 5.41) is 12.5. The Labute approximate surface area is 118 Å². The van der Waals surface area contributed by atoms with Gasteiger partial charge in [0.25, 0.3) is 5.91 Å². The van der Waals surface area contributed by atoms with Gasteiger partial charge in [-0.2, -0.15) is 0 Å². The standard InChI is InChI=1S/C14H21ClN2O2/c1-14(2,3)12(6-7-18)17-13(19)10-8-9(15)4-5-11(10)16/h4-5,8,12,18H,6-7,16H2,1-3H3,(H,17,19). The number of aliphatic hydroxyl groups excluding tert-OH is 1. The number of carbonyl (C=O) groups is 1. The average molecular weight is 285 g/mol. The Balaban J connectivity index is 2.91. The molecule has 0 saturated carbocycles. The summed E-state index contributed by atoms with van der Waals surface area (Å²) in [6, 6.07) is 4.66. The summed E-state index contributed by atoms with van der Waals surface area (Å²) in [6.07, 6.45) is 0.496. The van der Waals surface area contributed by atoms with Gasteiger partial charge < -0.3 is 16.2 Å². The van der Waals surface area contributed by atoms with E-state index in [4.69, 9.17) is 22.4 Å². The van der Waals surface area contributed by atoms with Crippen LogP contribution in [0.15, 0.2) is 18.2 Å². The van der Waals surface area contributed by atoms with Gasteiger partial charge in [-0.25, -0.2) is 0 Å². The van der Waals surface area contributed by atoms with Gasteiger partial charge in [-0.3, -0.25) is 4.79 Å². The van der Waals surface area contributed by atoms with Crippen molar-refractivity contribution in [2.75, 3.05) is 12.3 Å². The summed E-state index contributed by atoms with van der Waals surface area (Å²) in [6.45, 7) is 6.05. The first-order valence-electron chi connectivity index (χ1n) is 6.22. The number of amides is 1. The monoisotopic (exact) mass is 284 g/mol. The van der Waals surface area contributed by atoms with Crippen LogP contribution in [-0.4, -0.2) is 23.7 Å². The van der Waals surface area contributed by atoms with Crippen LogP contribution in [0, 0.1) is 5.41 Å². The van der Waals surface area contributed by atoms with Gasteiger partial charge >= 0.3 is 0 Å². The van der Waals surface area contributed by atoms with E-state index in [0.717, 1.165) is 0 Å². The van der Waals surface area contributed by atoms with E-state index in [1.165, 1.54) is 0 Å². The van der Waals surface area contributed by atoms with Crippen molar-refractivity contribution in [3.63, 3.8) is 0 Å². The van der Waals surface area contributed by atoms with Crippen molar-refractivity contribution in [3.8, 4) is 0 Å². The lowest BCUT2D eigenvalue weighted by molar-refractivity contribution is 0.0886. The lowest BCUT2D eigenvalue weighted by atomic mass is 9.84. The molecule has 1 amide bonds. The van der Waals surface area contributed by atoms with Crippen molar-refractivity contribution >= 4 is 23.2 Å². The number of aliphatic hydroxyl groups is 1. The average Bonchev–Trinajstić information content (AvgIpc) is 2.30. The first-order chi connectivity index (χ1) is 8.75. The van der Waals surface area contributed by atoms with Crippen molar-refractivity contribution in [1.82, 2.24) is 5.32 Å². The van der Waals surface area contributed by atoms with Crippen molar-refractivity contribution < 1.29 is 9.90 Å². The predicted molar refractivity (Wildman–Crippen MR) is 78.3 cm³/mol. The number of anilines is 1. The summed E-state index contributed by atoms with van der Waals surface area (Å²) in [4.78, 5) is 12.2. The molecule has 0 aliphatic heterocycles. The maximum atomic E-state index is 12.2. The minimum Gasteiger partial charge on any atom is -0.398 e. The normalized spacial score (nSPS) is 13.1. The molecule has 1 atom stereocenters. The van der Waals surface area contributed by atoms with Gasteiger partial charge in [0, 0.05) is 23.4 Å². The topological polar surface area (TPSA) is 75.3 Å². The maximum Gasteiger partial charge on any atom is 0.253 e. The molecular weight excluding hydrogens is 264 g/mol. The fraction of sp³-hybridized carbons (Fsp3) is 0.500. The fourth-order valence-corrected chi connectivity index (χ4v) is 1.98. The zero-order valence-corrected chi connectivity index (χ0v) is 12.3. The molecule has 5 heteroatoms. The third-order valence-electron chi connectivity index (χ3n) is 3.03. The maximum absolute atomic E-state index is 12.2. The largest absolute Gasteiger partial charge is 0.398 e. The zero-order valence-electron chi connectivity index (χ0n) is 11.5. The molecule has 0 spiro atoms. The van der Waals surface area contributed by atoms with Crippen molar-refractivity contribution in [2.24, 2.45) is 5.41 Å². The molecule has 4 nitrogen and oxygen atoms in total. The molecule has 0 bridgehead atoms. The smallest absolute Gasteiger partial charge is 0.253 e. The van der Waals surface area contributed by atoms with Crippen LogP contribution >= 0.6 is 11.6 Å². The second-order valence-electron chi connectivity index (χ2n) is 5.64. The molecular formula is C14H21ClN2O2. The molecule has 0 radical (unpaired) electrons. The van der Waals surface area contributed by atoms with E-state index in [1.54, 1.807) is 18.2 Å². The van der Waals surface area contributed by atoms with E-state index in [-0.39, 0.29) is 24.0 Å². The minimum atomic E-state index is -0.270. The summed E-state index contributed by atoms with van der Waals surface area (Å²) < 4.78 is 0. The van der Waals surface area contributed by atoms with Gasteiger partial charge in [-0.15, -0.1) is 0 Å². The van der Waals surface area contributed by atoms with Gasteiger partial charge in [-0.1, -0.05) is 32.4 Å². The van der Waals surface area contributed by atoms with Gasteiger partial charge in [0.2, 0.25) is 0 Å². The quantitative estimate of drug-likeness (QED) is 0.744. The highest BCUT2D eigenvalue weighted by molar-refractivity contribution is 6.31. The van der Waals surface area contributed by atoms with Crippen molar-refractivity contribution in [1.29, 1.82) is 0 Å². The number of nitrogen functional groups attached to an aromatic ring is 1. The van der Waals surface area contributed by atoms with Gasteiger partial charge in [-0.05, 0) is 30.0 Å². The number of halogens is 1. The van der Waals surface area contributed by atoms with Gasteiger partial charge in [0.05, 0.1) is 5.56 Å². The fourth-order valence-electron chi connectivity index (χ4n) is 1.81. The SMILES string of the molecule is CC(C)(C)C(CCO)NC(=O)c1cc(Cl)ccc1N. The molecule has 0 aliphatic rings. The number of hydrogen-bond donors (Lipinski definition) is 3. The first kappa shape index (κ1) is 15.8. The highest BCUT2D eigenvalue weighted by Gasteiger charge is 2.26. The molecule has 0 heterocycles. The molecule has 0 aliphatic carbocycles. The lowest BCUT2D eigenvalue weighted by Crippen LogP contribution is -2.44. The summed E-state index contributed by atoms with van der Waals surface area (Å²) >= 11 is 5.87. The summed E-state index contributed by atoms with van der Waals surface area (Å²) in [5.74, 6) is -0.270. The van der Waals surface area contributed by atoms with E-state index in [2.05, 4.69) is 5.32 Å². The molecule has 19 heavy (non-hydrogen) atoms. The Kier molecular flexibility index (Phi) is 5.20. The molecule has 1 aromatic carbocycles. The van der Waals surface area contributed by atoms with Crippen LogP contribution in [0.2, 0.25) is 5.02 Å². The van der Waals surface area contributed by atoms with Gasteiger partial charge in [0.1, 0.15) is 0 Å². The molecule has 0 saturated heterocycles. The van der Waals surface area contributed by atoms with Crippen LogP contribution in [0.5, 0.6) is 0 Å². The second-order valence-corrected chi connectivity index (χ2v) is 6.07. The summed E-state index contributed by atoms with van der Waals surface area (Å²) in [7, 11) is 0. The molecule has 4 N–H and O–H groups in total. The van der Waals surface area contributed by atoms with Crippen molar-refractivity contribution in [3.05, 3.63) is 28.8 Å². The molecule has 1 rings (SSSR count). The Morgan fingerprint density at radius 2 is 2.11 bits per heavy atom. The molecule has 106 valence electrons. The Morgan fingerprint density at radius 1 is 1.47 bits per heavy atom. The number of carbonyl (C=O) groups excluding carboxylic acids is 1. The summed E-state index contributed by atoms with van der Waals surface area (Å²) in [5.41, 5.74) is 6.38. The van der Waals surface area contributed by atoms with E-state index < -0.39 is 0 Å². The predicted octanol–water partition coefficient (Wildman–Crippen LogP) is 2.45. The van der Waals surface area contributed by atoms with E-state index >= 15 is 0 Å². The first-order valence-corrected chi connectivity index (χ1v) is 6.60. The van der Waals surface area contributed by atoms with E-state index in [0.29, 0.717) is 22.7 Å². The third kappa shape index (κ3) is 4.40. The third-order valence-corrected chi connectivity index (χ3v) is 3.26. The Bertz CT molecular complexity index is 455. The van der Waals surface area contributed by atoms with Crippen LogP contribution in [0.1, 0.15) is 37.6 Å². The molecule has 1 aromatic rings. The number of hydrogen-bond acceptors (Lipinski definition) is 3. The van der Waals surface area contributed by atoms with E-state index in [9.17, 15) is 4.79 Å². The lowest BCUT2D eigenvalue weighted by Gasteiger charge is -2.31. The number of benzene rings is 1. The molecule has 1 unspecified atom stereocenters. The van der Waals surface area contributed by atoms with Crippen molar-refractivity contribution in [2.45, 2.75) is 33.2 Å². The Morgan fingerprint density at radius 3 is 2.63 bits per heavy atom. The van der Waals surface area contributed by atoms with Crippen LogP contribution in [0.25, 0.3) is 0 Å². The van der Waals surface area contributed by atoms with E-state index in [1.807, 2.05) is 20.8 Å². The Hall–Kier alpha value is -1.26. The van der Waals surface area contributed by atoms with Gasteiger partial charge in [0.15, 0.2) is 0 Å². The van der Waals surface area contributed by atoms with Crippen LogP contribution < -0.4 is 11.1 Å². The number of nitrogens with one attached hydrogen (secondary N) is 1. The minimum absolute atomic E-state index is 0.0211. The zero-order chi connectivity index (χ0) is 14.6. The second kappa shape index (κ2) is 6.26. The highest BCUT2D eigenvalue weighted by atomic mass is 35.5. The van der Waals surface area contributed by atoms with Crippen LogP contribution in [0.3, 0.4) is 0 Å². The van der Waals surface area contributed by atoms with Crippen LogP contribution in [-0.2, 0) is 0 Å². The number of nitrogens with two attached hydrogens (primary N) is 1. The molecule has 0 fully saturated rings. The molecule has 0 aromatic heterocycles. The number of rotatable bonds is 4. The van der Waals surface area contributed by atoms with Crippen LogP contribution in [0.4, 0.5) is 5.69 Å². The highest BCUT2D eigenvalue weighted by Crippen LogP contribution is 2.23.